The highest BCUT2D eigenvalue weighted by molar-refractivity contribution is 5.92. The molecule has 25 heavy (non-hydrogen) atoms. The molecule has 0 saturated heterocycles. The molecule has 0 spiro atoms. The second-order valence-corrected chi connectivity index (χ2v) is 5.96. The van der Waals surface area contributed by atoms with Crippen LogP contribution in [0.15, 0.2) is 41.2 Å². The summed E-state index contributed by atoms with van der Waals surface area (Å²) in [6.07, 6.45) is 0.183. The maximum absolute atomic E-state index is 12.9. The molecule has 0 fully saturated rings. The van der Waals surface area contributed by atoms with Crippen molar-refractivity contribution in [2.45, 2.75) is 45.4 Å². The summed E-state index contributed by atoms with van der Waals surface area (Å²) < 4.78 is 14.2. The molecule has 2 aromatic rings. The number of halogens is 1. The first-order valence-electron chi connectivity index (χ1n) is 8.23. The van der Waals surface area contributed by atoms with Crippen LogP contribution in [0.3, 0.4) is 0 Å². The number of carbonyl (C=O) groups is 1. The molecule has 6 nitrogen and oxygen atoms in total. The smallest absolute Gasteiger partial charge is 0.271 e. The van der Waals surface area contributed by atoms with Gasteiger partial charge in [0.2, 0.25) is 0 Å². The topological polar surface area (TPSA) is 84.2 Å². The number of benzene rings is 1. The van der Waals surface area contributed by atoms with Crippen LogP contribution in [0, 0.1) is 5.82 Å². The van der Waals surface area contributed by atoms with Crippen molar-refractivity contribution in [1.29, 1.82) is 0 Å². The van der Waals surface area contributed by atoms with Crippen molar-refractivity contribution >= 4 is 5.91 Å². The third-order valence-electron chi connectivity index (χ3n) is 3.74. The van der Waals surface area contributed by atoms with Crippen LogP contribution in [0.2, 0.25) is 0 Å². The van der Waals surface area contributed by atoms with Crippen LogP contribution in [0.1, 0.15) is 48.8 Å². The van der Waals surface area contributed by atoms with Crippen LogP contribution in [0.25, 0.3) is 0 Å². The Hall–Kier alpha value is -2.54. The first-order chi connectivity index (χ1) is 11.9. The van der Waals surface area contributed by atoms with E-state index in [1.165, 1.54) is 41.1 Å². The van der Waals surface area contributed by atoms with Crippen LogP contribution in [-0.2, 0) is 6.54 Å². The number of rotatable bonds is 7. The Balaban J connectivity index is 1.98. The minimum Gasteiger partial charge on any atom is -0.388 e. The Kier molecular flexibility index (Phi) is 6.41. The summed E-state index contributed by atoms with van der Waals surface area (Å²) in [6, 6.07) is 7.95. The molecule has 0 aliphatic rings. The van der Waals surface area contributed by atoms with Crippen molar-refractivity contribution in [1.82, 2.24) is 15.1 Å². The molecule has 2 atom stereocenters. The molecule has 2 unspecified atom stereocenters. The highest BCUT2D eigenvalue weighted by Crippen LogP contribution is 2.18. The van der Waals surface area contributed by atoms with Crippen LogP contribution >= 0.6 is 0 Å². The Bertz CT molecular complexity index is 774. The number of nitrogens with zero attached hydrogens (tertiary/aromatic N) is 2. The van der Waals surface area contributed by atoms with Gasteiger partial charge in [-0.05, 0) is 43.5 Å². The van der Waals surface area contributed by atoms with Crippen LogP contribution in [-0.4, -0.2) is 26.8 Å². The number of amides is 1. The largest absolute Gasteiger partial charge is 0.388 e. The summed E-state index contributed by atoms with van der Waals surface area (Å²) in [5, 5.41) is 17.0. The number of nitrogens with one attached hydrogen (secondary N) is 1. The van der Waals surface area contributed by atoms with E-state index in [0.717, 1.165) is 6.42 Å². The van der Waals surface area contributed by atoms with Gasteiger partial charge in [0.25, 0.3) is 11.5 Å². The van der Waals surface area contributed by atoms with Gasteiger partial charge in [-0.2, -0.15) is 5.10 Å². The second kappa shape index (κ2) is 8.53. The molecule has 134 valence electrons. The fourth-order valence-electron chi connectivity index (χ4n) is 2.45. The molecular formula is C18H22FN3O3. The van der Waals surface area contributed by atoms with Crippen molar-refractivity contribution in [3.63, 3.8) is 0 Å². The Morgan fingerprint density at radius 2 is 1.96 bits per heavy atom. The molecule has 0 bridgehead atoms. The zero-order valence-corrected chi connectivity index (χ0v) is 14.3. The molecule has 0 aliphatic carbocycles. The molecule has 7 heteroatoms. The summed E-state index contributed by atoms with van der Waals surface area (Å²) in [5.74, 6) is -0.783. The van der Waals surface area contributed by atoms with Crippen LogP contribution < -0.4 is 10.9 Å². The van der Waals surface area contributed by atoms with Gasteiger partial charge in [0.05, 0.1) is 6.10 Å². The summed E-state index contributed by atoms with van der Waals surface area (Å²) >= 11 is 0. The van der Waals surface area contributed by atoms with Gasteiger partial charge in [0, 0.05) is 18.7 Å². The average Bonchev–Trinajstić information content (AvgIpc) is 2.57. The molecule has 1 heterocycles. The molecule has 0 radical (unpaired) electrons. The fourth-order valence-corrected chi connectivity index (χ4v) is 2.45. The molecule has 2 N–H and O–H groups in total. The van der Waals surface area contributed by atoms with Crippen molar-refractivity contribution < 1.29 is 14.3 Å². The molecule has 1 amide bonds. The van der Waals surface area contributed by atoms with E-state index in [9.17, 15) is 19.1 Å². The van der Waals surface area contributed by atoms with E-state index in [0.29, 0.717) is 12.1 Å². The van der Waals surface area contributed by atoms with E-state index < -0.39 is 12.0 Å². The van der Waals surface area contributed by atoms with E-state index in [1.54, 1.807) is 6.92 Å². The Morgan fingerprint density at radius 1 is 1.28 bits per heavy atom. The predicted octanol–water partition coefficient (Wildman–Crippen LogP) is 2.03. The number of aryl methyl sites for hydroxylation is 1. The minimum atomic E-state index is -0.821. The lowest BCUT2D eigenvalue weighted by molar-refractivity contribution is 0.0909. The highest BCUT2D eigenvalue weighted by atomic mass is 19.1. The van der Waals surface area contributed by atoms with E-state index in [-0.39, 0.29) is 29.5 Å². The second-order valence-electron chi connectivity index (χ2n) is 5.96. The number of aliphatic hydroxyl groups is 1. The molecule has 2 rings (SSSR count). The quantitative estimate of drug-likeness (QED) is 0.803. The SMILES string of the molecule is CCCn1nc(C(=O)NC(C)CC(O)c2ccc(F)cc2)ccc1=O. The van der Waals surface area contributed by atoms with Gasteiger partial charge in [-0.15, -0.1) is 0 Å². The molecular weight excluding hydrogens is 325 g/mol. The first kappa shape index (κ1) is 18.8. The number of hydrogen-bond donors (Lipinski definition) is 2. The van der Waals surface area contributed by atoms with E-state index in [2.05, 4.69) is 10.4 Å². The molecule has 0 saturated carbocycles. The number of hydrogen-bond acceptors (Lipinski definition) is 4. The zero-order chi connectivity index (χ0) is 18.4. The van der Waals surface area contributed by atoms with Crippen molar-refractivity contribution in [3.8, 4) is 0 Å². The Morgan fingerprint density at radius 3 is 2.60 bits per heavy atom. The number of aromatic nitrogens is 2. The van der Waals surface area contributed by atoms with Gasteiger partial charge in [-0.25, -0.2) is 9.07 Å². The minimum absolute atomic E-state index is 0.149. The number of aliphatic hydroxyl groups excluding tert-OH is 1. The first-order valence-corrected chi connectivity index (χ1v) is 8.23. The normalized spacial score (nSPS) is 13.3. The maximum Gasteiger partial charge on any atom is 0.271 e. The van der Waals surface area contributed by atoms with Crippen LogP contribution in [0.5, 0.6) is 0 Å². The summed E-state index contributed by atoms with van der Waals surface area (Å²) in [6.45, 7) is 4.12. The molecule has 1 aromatic heterocycles. The van der Waals surface area contributed by atoms with E-state index in [4.69, 9.17) is 0 Å². The average molecular weight is 347 g/mol. The van der Waals surface area contributed by atoms with E-state index in [1.807, 2.05) is 6.92 Å². The van der Waals surface area contributed by atoms with Gasteiger partial charge in [0.15, 0.2) is 0 Å². The van der Waals surface area contributed by atoms with Gasteiger partial charge < -0.3 is 10.4 Å². The Labute approximate surface area is 145 Å². The summed E-state index contributed by atoms with van der Waals surface area (Å²) in [7, 11) is 0. The summed E-state index contributed by atoms with van der Waals surface area (Å²) in [4.78, 5) is 23.9. The van der Waals surface area contributed by atoms with Crippen molar-refractivity contribution in [3.05, 3.63) is 63.8 Å². The lowest BCUT2D eigenvalue weighted by Gasteiger charge is -2.18. The zero-order valence-electron chi connectivity index (χ0n) is 14.3. The van der Waals surface area contributed by atoms with Gasteiger partial charge in [0.1, 0.15) is 11.5 Å². The van der Waals surface area contributed by atoms with Gasteiger partial charge in [-0.3, -0.25) is 9.59 Å². The lowest BCUT2D eigenvalue weighted by atomic mass is 10.0. The standard InChI is InChI=1S/C18H22FN3O3/c1-3-10-22-17(24)9-8-15(21-22)18(25)20-12(2)11-16(23)13-4-6-14(19)7-5-13/h4-9,12,16,23H,3,10-11H2,1-2H3,(H,20,25). The fraction of sp³-hybridized carbons (Fsp3) is 0.389. The predicted molar refractivity (Wildman–Crippen MR) is 91.7 cm³/mol. The van der Waals surface area contributed by atoms with Crippen molar-refractivity contribution in [2.24, 2.45) is 0 Å². The van der Waals surface area contributed by atoms with Gasteiger partial charge in [-0.1, -0.05) is 19.1 Å². The number of carbonyl (C=O) groups excluding carboxylic acids is 1. The highest BCUT2D eigenvalue weighted by Gasteiger charge is 2.17. The third-order valence-corrected chi connectivity index (χ3v) is 3.74. The molecule has 1 aromatic carbocycles. The molecule has 0 aliphatic heterocycles. The monoisotopic (exact) mass is 347 g/mol. The van der Waals surface area contributed by atoms with Crippen molar-refractivity contribution in [2.75, 3.05) is 0 Å². The van der Waals surface area contributed by atoms with Gasteiger partial charge >= 0.3 is 0 Å². The third kappa shape index (κ3) is 5.22. The maximum atomic E-state index is 12.9. The lowest BCUT2D eigenvalue weighted by Crippen LogP contribution is -2.36. The summed E-state index contributed by atoms with van der Waals surface area (Å²) in [5.41, 5.74) is 0.478. The van der Waals surface area contributed by atoms with E-state index >= 15 is 0 Å². The van der Waals surface area contributed by atoms with Crippen LogP contribution in [0.4, 0.5) is 4.39 Å².